The van der Waals surface area contributed by atoms with Crippen molar-refractivity contribution in [2.24, 2.45) is 16.8 Å². The van der Waals surface area contributed by atoms with Crippen LogP contribution in [0.1, 0.15) is 50.6 Å². The number of carbonyl (C=O) groups excluding carboxylic acids is 2. The number of carbonyl (C=O) groups is 2. The van der Waals surface area contributed by atoms with E-state index in [0.717, 1.165) is 11.8 Å². The van der Waals surface area contributed by atoms with Crippen LogP contribution in [0.2, 0.25) is 5.15 Å². The molecule has 1 fully saturated rings. The number of rotatable bonds is 4. The van der Waals surface area contributed by atoms with E-state index in [1.165, 1.54) is 43.7 Å². The lowest BCUT2D eigenvalue weighted by molar-refractivity contribution is -0.121. The molecule has 37 heavy (non-hydrogen) atoms. The molecule has 196 valence electrons. The van der Waals surface area contributed by atoms with E-state index >= 15 is 4.39 Å². The molecular formula is C25H26ClF2N5O3S. The number of aliphatic imine (C=N–C) groups is 1. The lowest BCUT2D eigenvalue weighted by atomic mass is 9.97. The number of nitrogens with zero attached hydrogens (tertiary/aromatic N) is 3. The Hall–Kier alpha value is -3.05. The second-order valence-corrected chi connectivity index (χ2v) is 11.4. The summed E-state index contributed by atoms with van der Waals surface area (Å²) in [6, 6.07) is 3.32. The van der Waals surface area contributed by atoms with Crippen LogP contribution in [0.3, 0.4) is 0 Å². The first-order valence-electron chi connectivity index (χ1n) is 11.5. The third-order valence-electron chi connectivity index (χ3n) is 6.15. The first-order valence-corrected chi connectivity index (χ1v) is 12.7. The van der Waals surface area contributed by atoms with E-state index in [0.29, 0.717) is 5.56 Å². The van der Waals surface area contributed by atoms with E-state index in [-0.39, 0.29) is 39.3 Å². The maximum Gasteiger partial charge on any atom is 0.413 e. The number of alkyl carbamates (subject to hydrolysis) is 1. The molecule has 1 aromatic carbocycles. The van der Waals surface area contributed by atoms with Gasteiger partial charge in [-0.3, -0.25) is 15.1 Å². The molecule has 3 unspecified atom stereocenters. The van der Waals surface area contributed by atoms with Gasteiger partial charge in [0.05, 0.1) is 18.4 Å². The molecule has 1 aliphatic heterocycles. The Balaban J connectivity index is 1.71. The highest BCUT2D eigenvalue weighted by Gasteiger charge is 2.72. The van der Waals surface area contributed by atoms with Crippen LogP contribution in [-0.4, -0.2) is 44.5 Å². The predicted octanol–water partition coefficient (Wildman–Crippen LogP) is 5.16. The predicted molar refractivity (Wildman–Crippen MR) is 139 cm³/mol. The molecule has 1 aromatic heterocycles. The number of fused-ring (bicyclic) bond motifs is 1. The number of amides is 2. The van der Waals surface area contributed by atoms with Gasteiger partial charge in [-0.25, -0.2) is 23.5 Å². The molecule has 4 atom stereocenters. The number of thioether (sulfide) groups is 1. The Morgan fingerprint density at radius 1 is 1.24 bits per heavy atom. The van der Waals surface area contributed by atoms with Crippen LogP contribution in [0, 0.1) is 17.7 Å². The molecule has 2 aromatic rings. The number of amidine groups is 1. The summed E-state index contributed by atoms with van der Waals surface area (Å²) in [5, 5.41) is 5.54. The Labute approximate surface area is 222 Å². The van der Waals surface area contributed by atoms with Gasteiger partial charge in [-0.15, -0.1) is 0 Å². The molecule has 2 heterocycles. The van der Waals surface area contributed by atoms with Gasteiger partial charge < -0.3 is 10.1 Å². The first kappa shape index (κ1) is 27.0. The summed E-state index contributed by atoms with van der Waals surface area (Å²) >= 11 is 6.84. The minimum atomic E-state index is -0.950. The van der Waals surface area contributed by atoms with Gasteiger partial charge in [0, 0.05) is 18.5 Å². The highest BCUT2D eigenvalue weighted by atomic mass is 35.5. The molecule has 2 amide bonds. The van der Waals surface area contributed by atoms with E-state index in [1.54, 1.807) is 20.8 Å². The van der Waals surface area contributed by atoms with Gasteiger partial charge in [-0.2, -0.15) is 0 Å². The quantitative estimate of drug-likeness (QED) is 0.546. The van der Waals surface area contributed by atoms with Crippen molar-refractivity contribution in [2.75, 3.05) is 7.05 Å². The van der Waals surface area contributed by atoms with E-state index in [4.69, 9.17) is 16.3 Å². The number of hydrogen-bond donors (Lipinski definition) is 2. The fraction of sp³-hybridized carbons (Fsp3) is 0.400. The van der Waals surface area contributed by atoms with E-state index < -0.39 is 34.1 Å². The summed E-state index contributed by atoms with van der Waals surface area (Å²) < 4.78 is 34.3. The average molecular weight is 550 g/mol. The number of hydrogen-bond acceptors (Lipinski definition) is 7. The lowest BCUT2D eigenvalue weighted by Crippen LogP contribution is -2.42. The summed E-state index contributed by atoms with van der Waals surface area (Å²) in [6.07, 6.45) is 2.88. The molecule has 0 bridgehead atoms. The fourth-order valence-electron chi connectivity index (χ4n) is 4.47. The monoisotopic (exact) mass is 549 g/mol. The van der Waals surface area contributed by atoms with Crippen molar-refractivity contribution in [3.63, 3.8) is 0 Å². The summed E-state index contributed by atoms with van der Waals surface area (Å²) in [5.41, 5.74) is -0.238. The van der Waals surface area contributed by atoms with Crippen LogP contribution in [-0.2, 0) is 9.53 Å². The molecule has 0 saturated heterocycles. The van der Waals surface area contributed by atoms with Gasteiger partial charge >= 0.3 is 6.09 Å². The summed E-state index contributed by atoms with van der Waals surface area (Å²) in [4.78, 5) is 37.7. The Kier molecular flexibility index (Phi) is 7.31. The van der Waals surface area contributed by atoms with E-state index in [9.17, 15) is 14.0 Å². The van der Waals surface area contributed by atoms with Crippen LogP contribution < -0.4 is 10.6 Å². The highest BCUT2D eigenvalue weighted by molar-refractivity contribution is 8.16. The molecule has 1 saturated carbocycles. The molecule has 12 heteroatoms. The summed E-state index contributed by atoms with van der Waals surface area (Å²) in [6.45, 7) is 7.05. The zero-order valence-electron chi connectivity index (χ0n) is 20.8. The number of nitrogens with one attached hydrogen (secondary N) is 2. The number of ether oxygens (including phenoxy) is 1. The molecule has 2 N–H and O–H groups in total. The van der Waals surface area contributed by atoms with E-state index in [2.05, 4.69) is 25.6 Å². The largest absolute Gasteiger partial charge is 0.444 e. The third-order valence-corrected chi connectivity index (χ3v) is 7.91. The fourth-order valence-corrected chi connectivity index (χ4v) is 6.12. The van der Waals surface area contributed by atoms with Crippen LogP contribution in [0.4, 0.5) is 13.6 Å². The standard InChI is InChI=1S/C25H26ClF2N5O3S/c1-12-19-20(32-22(33-23(35)36-24(2,3)4)37-25(12,19)21(34)29-5)14-8-13(6-7-15(14)27)9-16(28)17-10-31-18(26)11-30-17/h6-12,19-20H,1-5H3,(H,29,34)(H,32,33,35)/b16-9-/t12?,19?,20?,25-/m0/s1. The molecule has 2 aliphatic rings. The van der Waals surface area contributed by atoms with Crippen LogP contribution in [0.5, 0.6) is 0 Å². The number of aromatic nitrogens is 2. The topological polar surface area (TPSA) is 106 Å². The molecule has 4 rings (SSSR count). The maximum absolute atomic E-state index is 15.2. The lowest BCUT2D eigenvalue weighted by Gasteiger charge is -2.27. The van der Waals surface area contributed by atoms with E-state index in [1.807, 2.05) is 6.92 Å². The normalized spacial score (nSPS) is 25.0. The zero-order chi connectivity index (χ0) is 27.1. The molecule has 0 spiro atoms. The van der Waals surface area contributed by atoms with Gasteiger partial charge in [0.1, 0.15) is 27.0 Å². The second-order valence-electron chi connectivity index (χ2n) is 9.79. The van der Waals surface area contributed by atoms with Gasteiger partial charge in [-0.05, 0) is 50.5 Å². The van der Waals surface area contributed by atoms with Gasteiger partial charge in [-0.1, -0.05) is 36.4 Å². The SMILES string of the molecule is CNC(=O)[C@@]12SC(NC(=O)OC(C)(C)C)=NC(c3cc(/C=C(\F)c4cnc(Cl)cn4)ccc3F)C1C2C. The second kappa shape index (κ2) is 10.0. The van der Waals surface area contributed by atoms with Crippen molar-refractivity contribution in [3.8, 4) is 0 Å². The van der Waals surface area contributed by atoms with Crippen molar-refractivity contribution < 1.29 is 23.1 Å². The Morgan fingerprint density at radius 2 is 1.97 bits per heavy atom. The minimum absolute atomic E-state index is 0.0272. The Bertz CT molecular complexity index is 1300. The highest BCUT2D eigenvalue weighted by Crippen LogP contribution is 2.68. The summed E-state index contributed by atoms with van der Waals surface area (Å²) in [7, 11) is 1.52. The van der Waals surface area contributed by atoms with Crippen LogP contribution in [0.15, 0.2) is 35.6 Å². The first-order chi connectivity index (χ1) is 17.4. The smallest absolute Gasteiger partial charge is 0.413 e. The minimum Gasteiger partial charge on any atom is -0.444 e. The van der Waals surface area contributed by atoms with Crippen LogP contribution >= 0.6 is 23.4 Å². The van der Waals surface area contributed by atoms with Gasteiger partial charge in [0.2, 0.25) is 5.91 Å². The number of halogens is 3. The Morgan fingerprint density at radius 3 is 2.59 bits per heavy atom. The molecule has 1 aliphatic carbocycles. The average Bonchev–Trinajstić information content (AvgIpc) is 3.43. The van der Waals surface area contributed by atoms with Crippen molar-refractivity contribution in [2.45, 2.75) is 44.1 Å². The van der Waals surface area contributed by atoms with Crippen molar-refractivity contribution in [3.05, 3.63) is 58.4 Å². The van der Waals surface area contributed by atoms with Crippen molar-refractivity contribution in [1.29, 1.82) is 0 Å². The summed E-state index contributed by atoms with van der Waals surface area (Å²) in [5.74, 6) is -2.02. The third kappa shape index (κ3) is 5.47. The van der Waals surface area contributed by atoms with Crippen LogP contribution in [0.25, 0.3) is 11.9 Å². The molecule has 0 radical (unpaired) electrons. The van der Waals surface area contributed by atoms with Gasteiger partial charge in [0.25, 0.3) is 0 Å². The van der Waals surface area contributed by atoms with Crippen molar-refractivity contribution >= 4 is 52.4 Å². The number of benzene rings is 1. The zero-order valence-corrected chi connectivity index (χ0v) is 22.4. The molecule has 8 nitrogen and oxygen atoms in total. The molecular weight excluding hydrogens is 524 g/mol. The van der Waals surface area contributed by atoms with Gasteiger partial charge in [0.15, 0.2) is 11.0 Å². The maximum atomic E-state index is 15.2. The van der Waals surface area contributed by atoms with Crippen molar-refractivity contribution in [1.82, 2.24) is 20.6 Å².